The number of rotatable bonds is 3. The lowest BCUT2D eigenvalue weighted by atomic mass is 9.90. The molecule has 3 unspecified atom stereocenters. The fourth-order valence-electron chi connectivity index (χ4n) is 3.87. The fourth-order valence-corrected chi connectivity index (χ4v) is 3.87. The van der Waals surface area contributed by atoms with Gasteiger partial charge in [-0.1, -0.05) is 12.2 Å². The summed E-state index contributed by atoms with van der Waals surface area (Å²) in [6, 6.07) is 0.440. The molecule has 3 atom stereocenters. The maximum Gasteiger partial charge on any atom is 0.131 e. The molecule has 0 spiro atoms. The fraction of sp³-hybridized carbons (Fsp3) is 0.733. The maximum atomic E-state index is 12.9. The topological polar surface area (TPSA) is 35.5 Å². The second-order valence-corrected chi connectivity index (χ2v) is 5.94. The van der Waals surface area contributed by atoms with E-state index in [0.29, 0.717) is 17.7 Å². The van der Waals surface area contributed by atoms with Gasteiger partial charge in [-0.25, -0.2) is 5.54 Å². The van der Waals surface area contributed by atoms with E-state index in [9.17, 15) is 9.59 Å². The second-order valence-electron chi connectivity index (χ2n) is 5.94. The molecule has 1 heterocycles. The van der Waals surface area contributed by atoms with Crippen LogP contribution in [0.1, 0.15) is 44.9 Å². The maximum absolute atomic E-state index is 12.9. The minimum Gasteiger partial charge on any atom is -0.374 e. The van der Waals surface area contributed by atoms with Crippen molar-refractivity contribution in [1.82, 2.24) is 10.4 Å². The first-order valence-electron chi connectivity index (χ1n) is 7.50. The molecule has 0 saturated carbocycles. The zero-order chi connectivity index (χ0) is 13.2. The Kier molecular flexibility index (Phi) is 3.89. The molecule has 0 bridgehead atoms. The molecule has 0 radical (unpaired) electrons. The van der Waals surface area contributed by atoms with E-state index in [2.05, 4.69) is 17.1 Å². The van der Waals surface area contributed by atoms with Crippen LogP contribution in [0.25, 0.3) is 0 Å². The molecular formula is C15H23FN2O. The molecular weight excluding hydrogens is 243 g/mol. The van der Waals surface area contributed by atoms with Gasteiger partial charge in [0.25, 0.3) is 0 Å². The third kappa shape index (κ3) is 2.43. The summed E-state index contributed by atoms with van der Waals surface area (Å²) in [7, 11) is 0. The van der Waals surface area contributed by atoms with Crippen LogP contribution in [0.5, 0.6) is 0 Å². The molecule has 3 rings (SSSR count). The molecule has 3 aliphatic rings. The number of allylic oxidation sites excluding steroid dienone is 2. The Morgan fingerprint density at radius 1 is 1.32 bits per heavy atom. The van der Waals surface area contributed by atoms with E-state index in [1.54, 1.807) is 0 Å². The van der Waals surface area contributed by atoms with Crippen LogP contribution in [0.3, 0.4) is 0 Å². The molecule has 0 aromatic rings. The lowest BCUT2D eigenvalue weighted by Gasteiger charge is -2.35. The SMILES string of the molecule is OC(C1=C(NF)CCCC1)N1CCC2C=CCCC21. The predicted molar refractivity (Wildman–Crippen MR) is 72.7 cm³/mol. The van der Waals surface area contributed by atoms with Gasteiger partial charge in [-0.05, 0) is 56.4 Å². The van der Waals surface area contributed by atoms with E-state index in [4.69, 9.17) is 0 Å². The van der Waals surface area contributed by atoms with Crippen molar-refractivity contribution in [1.29, 1.82) is 0 Å². The summed E-state index contributed by atoms with van der Waals surface area (Å²) in [4.78, 5) is 2.19. The van der Waals surface area contributed by atoms with Crippen LogP contribution in [0.4, 0.5) is 4.48 Å². The number of nitrogens with one attached hydrogen (secondary N) is 1. The first-order chi connectivity index (χ1) is 9.31. The van der Waals surface area contributed by atoms with Crippen LogP contribution in [-0.2, 0) is 0 Å². The van der Waals surface area contributed by atoms with Gasteiger partial charge in [0.05, 0.1) is 0 Å². The van der Waals surface area contributed by atoms with Crippen molar-refractivity contribution < 1.29 is 9.59 Å². The van der Waals surface area contributed by atoms with Gasteiger partial charge in [0, 0.05) is 18.3 Å². The minimum absolute atomic E-state index is 0.440. The highest BCUT2D eigenvalue weighted by molar-refractivity contribution is 5.20. The highest BCUT2D eigenvalue weighted by atomic mass is 19.2. The molecule has 19 heavy (non-hydrogen) atoms. The van der Waals surface area contributed by atoms with Crippen molar-refractivity contribution in [2.45, 2.75) is 57.2 Å². The van der Waals surface area contributed by atoms with Gasteiger partial charge >= 0.3 is 0 Å². The standard InChI is InChI=1S/C15H23FN2O/c16-17-13-7-3-2-6-12(13)15(19)18-10-9-11-5-1-4-8-14(11)18/h1,5,11,14-15,17,19H,2-4,6-10H2. The molecule has 0 aromatic carbocycles. The number of hydrogen-bond acceptors (Lipinski definition) is 3. The van der Waals surface area contributed by atoms with Crippen LogP contribution in [-0.4, -0.2) is 28.8 Å². The zero-order valence-corrected chi connectivity index (χ0v) is 11.3. The lowest BCUT2D eigenvalue weighted by Crippen LogP contribution is -2.43. The third-order valence-corrected chi connectivity index (χ3v) is 4.90. The molecule has 1 aliphatic heterocycles. The number of aliphatic hydroxyl groups excluding tert-OH is 1. The Bertz CT molecular complexity index is 394. The lowest BCUT2D eigenvalue weighted by molar-refractivity contribution is 0.0110. The Balaban J connectivity index is 1.78. The van der Waals surface area contributed by atoms with E-state index in [1.807, 2.05) is 5.54 Å². The van der Waals surface area contributed by atoms with Gasteiger partial charge < -0.3 is 5.11 Å². The average molecular weight is 266 g/mol. The normalized spacial score (nSPS) is 33.4. The van der Waals surface area contributed by atoms with Gasteiger partial charge in [-0.2, -0.15) is 0 Å². The molecule has 4 heteroatoms. The molecule has 2 aliphatic carbocycles. The largest absolute Gasteiger partial charge is 0.374 e. The Morgan fingerprint density at radius 2 is 2.16 bits per heavy atom. The highest BCUT2D eigenvalue weighted by Gasteiger charge is 2.38. The van der Waals surface area contributed by atoms with Gasteiger partial charge in [0.1, 0.15) is 6.23 Å². The van der Waals surface area contributed by atoms with Crippen LogP contribution < -0.4 is 5.54 Å². The van der Waals surface area contributed by atoms with Crippen molar-refractivity contribution in [3.05, 3.63) is 23.4 Å². The summed E-state index contributed by atoms with van der Waals surface area (Å²) >= 11 is 0. The van der Waals surface area contributed by atoms with Gasteiger partial charge in [-0.3, -0.25) is 4.90 Å². The van der Waals surface area contributed by atoms with Crippen LogP contribution in [0, 0.1) is 5.92 Å². The molecule has 1 saturated heterocycles. The molecule has 1 fully saturated rings. The molecule has 2 N–H and O–H groups in total. The quantitative estimate of drug-likeness (QED) is 0.609. The van der Waals surface area contributed by atoms with Gasteiger partial charge in [0.15, 0.2) is 0 Å². The van der Waals surface area contributed by atoms with E-state index in [1.165, 1.54) is 0 Å². The predicted octanol–water partition coefficient (Wildman–Crippen LogP) is 2.65. The summed E-state index contributed by atoms with van der Waals surface area (Å²) in [5.41, 5.74) is 3.31. The average Bonchev–Trinajstić information content (AvgIpc) is 2.90. The summed E-state index contributed by atoms with van der Waals surface area (Å²) in [5.74, 6) is 0.578. The van der Waals surface area contributed by atoms with Crippen molar-refractivity contribution in [2.75, 3.05) is 6.54 Å². The van der Waals surface area contributed by atoms with Crippen LogP contribution in [0.2, 0.25) is 0 Å². The van der Waals surface area contributed by atoms with Gasteiger partial charge in [-0.15, -0.1) is 4.48 Å². The summed E-state index contributed by atoms with van der Waals surface area (Å²) < 4.78 is 12.9. The third-order valence-electron chi connectivity index (χ3n) is 4.90. The zero-order valence-electron chi connectivity index (χ0n) is 11.3. The Labute approximate surface area is 114 Å². The Morgan fingerprint density at radius 3 is 3.00 bits per heavy atom. The van der Waals surface area contributed by atoms with Crippen molar-refractivity contribution in [2.24, 2.45) is 5.92 Å². The van der Waals surface area contributed by atoms with Crippen LogP contribution >= 0.6 is 0 Å². The van der Waals surface area contributed by atoms with E-state index >= 15 is 0 Å². The summed E-state index contributed by atoms with van der Waals surface area (Å²) in [5, 5.41) is 10.7. The minimum atomic E-state index is -0.597. The number of likely N-dealkylation sites (tertiary alicyclic amines) is 1. The number of fused-ring (bicyclic) bond motifs is 1. The highest BCUT2D eigenvalue weighted by Crippen LogP contribution is 2.36. The first kappa shape index (κ1) is 13.1. The number of halogens is 1. The molecule has 0 amide bonds. The molecule has 106 valence electrons. The van der Waals surface area contributed by atoms with E-state index in [-0.39, 0.29) is 0 Å². The summed E-state index contributed by atoms with van der Waals surface area (Å²) in [6.45, 7) is 0.921. The monoisotopic (exact) mass is 266 g/mol. The number of hydrogen-bond donors (Lipinski definition) is 2. The smallest absolute Gasteiger partial charge is 0.131 e. The number of aliphatic hydroxyl groups is 1. The second kappa shape index (κ2) is 5.63. The van der Waals surface area contributed by atoms with Crippen molar-refractivity contribution >= 4 is 0 Å². The molecule has 3 nitrogen and oxygen atoms in total. The number of nitrogens with zero attached hydrogens (tertiary/aromatic N) is 1. The van der Waals surface area contributed by atoms with Crippen molar-refractivity contribution in [3.8, 4) is 0 Å². The summed E-state index contributed by atoms with van der Waals surface area (Å²) in [6.07, 6.45) is 10.9. The van der Waals surface area contributed by atoms with Crippen LogP contribution in [0.15, 0.2) is 23.4 Å². The van der Waals surface area contributed by atoms with Crippen molar-refractivity contribution in [3.63, 3.8) is 0 Å². The van der Waals surface area contributed by atoms with E-state index < -0.39 is 6.23 Å². The van der Waals surface area contributed by atoms with E-state index in [0.717, 1.165) is 57.1 Å². The van der Waals surface area contributed by atoms with Gasteiger partial charge in [0.2, 0.25) is 0 Å². The Hall–Kier alpha value is -0.870. The molecule has 0 aromatic heterocycles. The first-order valence-corrected chi connectivity index (χ1v) is 7.50.